The summed E-state index contributed by atoms with van der Waals surface area (Å²) < 4.78 is 16.9. The molecule has 0 saturated carbocycles. The maximum absolute atomic E-state index is 12.5. The van der Waals surface area contributed by atoms with Crippen molar-refractivity contribution in [1.82, 2.24) is 5.32 Å². The number of dihydropyridines is 1. The Hall–Kier alpha value is -2.80. The number of rotatable bonds is 4. The molecular formula is C21H20BrNO5. The highest BCUT2D eigenvalue weighted by Gasteiger charge is 2.39. The number of esters is 2. The molecule has 28 heavy (non-hydrogen) atoms. The van der Waals surface area contributed by atoms with E-state index in [-0.39, 0.29) is 0 Å². The first-order valence-corrected chi connectivity index (χ1v) is 9.37. The van der Waals surface area contributed by atoms with Gasteiger partial charge in [0, 0.05) is 21.4 Å². The van der Waals surface area contributed by atoms with Gasteiger partial charge in [-0.25, -0.2) is 9.59 Å². The van der Waals surface area contributed by atoms with Gasteiger partial charge in [-0.2, -0.15) is 0 Å². The van der Waals surface area contributed by atoms with E-state index in [9.17, 15) is 9.59 Å². The molecule has 0 radical (unpaired) electrons. The van der Waals surface area contributed by atoms with E-state index >= 15 is 0 Å². The Morgan fingerprint density at radius 2 is 1.61 bits per heavy atom. The minimum Gasteiger partial charge on any atom is -0.466 e. The van der Waals surface area contributed by atoms with Crippen LogP contribution < -0.4 is 5.32 Å². The van der Waals surface area contributed by atoms with Crippen molar-refractivity contribution in [3.63, 3.8) is 0 Å². The van der Waals surface area contributed by atoms with Gasteiger partial charge in [0.25, 0.3) is 0 Å². The lowest BCUT2D eigenvalue weighted by atomic mass is 9.83. The lowest BCUT2D eigenvalue weighted by molar-refractivity contribution is -0.137. The number of hydrogen-bond acceptors (Lipinski definition) is 6. The Bertz CT molecular complexity index is 964. The van der Waals surface area contributed by atoms with Crippen molar-refractivity contribution < 1.29 is 23.5 Å². The van der Waals surface area contributed by atoms with Gasteiger partial charge in [0.2, 0.25) is 0 Å². The third kappa shape index (κ3) is 3.62. The van der Waals surface area contributed by atoms with Crippen LogP contribution in [0.2, 0.25) is 0 Å². The van der Waals surface area contributed by atoms with Gasteiger partial charge < -0.3 is 19.2 Å². The molecule has 2 aromatic rings. The van der Waals surface area contributed by atoms with Gasteiger partial charge in [0.1, 0.15) is 11.5 Å². The Kier molecular flexibility index (Phi) is 5.74. The second kappa shape index (κ2) is 8.06. The van der Waals surface area contributed by atoms with E-state index in [2.05, 4.69) is 21.2 Å². The molecule has 146 valence electrons. The smallest absolute Gasteiger partial charge is 0.336 e. The second-order valence-electron chi connectivity index (χ2n) is 6.33. The molecule has 0 aliphatic carbocycles. The summed E-state index contributed by atoms with van der Waals surface area (Å²) in [5.41, 5.74) is 2.69. The molecule has 0 unspecified atom stereocenters. The number of furan rings is 1. The number of carbonyl (C=O) groups is 2. The maximum atomic E-state index is 12.5. The first-order valence-electron chi connectivity index (χ1n) is 8.58. The lowest BCUT2D eigenvalue weighted by Gasteiger charge is -2.28. The number of halogens is 1. The summed E-state index contributed by atoms with van der Waals surface area (Å²) in [5, 5.41) is 3.07. The lowest BCUT2D eigenvalue weighted by Crippen LogP contribution is -2.31. The molecule has 0 fully saturated rings. The number of ether oxygens (including phenoxy) is 2. The highest BCUT2D eigenvalue weighted by atomic mass is 79.9. The summed E-state index contributed by atoms with van der Waals surface area (Å²) in [6.45, 7) is 3.52. The second-order valence-corrected chi connectivity index (χ2v) is 7.25. The van der Waals surface area contributed by atoms with E-state index in [1.807, 2.05) is 30.3 Å². The van der Waals surface area contributed by atoms with Crippen molar-refractivity contribution >= 4 is 27.9 Å². The van der Waals surface area contributed by atoms with Crippen LogP contribution in [-0.2, 0) is 19.1 Å². The third-order valence-electron chi connectivity index (χ3n) is 4.59. The van der Waals surface area contributed by atoms with Crippen molar-refractivity contribution in [3.05, 3.63) is 69.2 Å². The van der Waals surface area contributed by atoms with Crippen molar-refractivity contribution in [2.24, 2.45) is 0 Å². The summed E-state index contributed by atoms with van der Waals surface area (Å²) in [5.74, 6) is -0.731. The van der Waals surface area contributed by atoms with E-state index < -0.39 is 17.9 Å². The van der Waals surface area contributed by atoms with Gasteiger partial charge in [-0.3, -0.25) is 0 Å². The SMILES string of the molecule is COC(=O)C1=C(C)NC(C)=C(C(=O)OC)C1c1ccc(-c2cccc(Br)c2)o1. The zero-order valence-corrected chi connectivity index (χ0v) is 17.5. The van der Waals surface area contributed by atoms with Crippen LogP contribution in [0.15, 0.2) is 67.8 Å². The predicted octanol–water partition coefficient (Wildman–Crippen LogP) is 4.29. The monoisotopic (exact) mass is 445 g/mol. The molecular weight excluding hydrogens is 426 g/mol. The number of benzene rings is 1. The molecule has 7 heteroatoms. The Labute approximate surface area is 171 Å². The van der Waals surface area contributed by atoms with E-state index in [0.29, 0.717) is 34.1 Å². The van der Waals surface area contributed by atoms with Gasteiger partial charge in [-0.15, -0.1) is 0 Å². The number of carbonyl (C=O) groups excluding carboxylic acids is 2. The van der Waals surface area contributed by atoms with Crippen molar-refractivity contribution in [3.8, 4) is 11.3 Å². The average molecular weight is 446 g/mol. The summed E-state index contributed by atoms with van der Waals surface area (Å²) in [4.78, 5) is 25.0. The minimum absolute atomic E-state index is 0.309. The fraction of sp³-hybridized carbons (Fsp3) is 0.238. The van der Waals surface area contributed by atoms with E-state index in [0.717, 1.165) is 10.0 Å². The molecule has 1 N–H and O–H groups in total. The molecule has 0 amide bonds. The maximum Gasteiger partial charge on any atom is 0.336 e. The van der Waals surface area contributed by atoms with Crippen LogP contribution in [0.5, 0.6) is 0 Å². The fourth-order valence-corrected chi connectivity index (χ4v) is 3.74. The number of methoxy groups -OCH3 is 2. The minimum atomic E-state index is -0.734. The largest absolute Gasteiger partial charge is 0.466 e. The molecule has 1 aromatic heterocycles. The summed E-state index contributed by atoms with van der Waals surface area (Å²) >= 11 is 3.45. The molecule has 2 heterocycles. The van der Waals surface area contributed by atoms with Crippen molar-refractivity contribution in [2.75, 3.05) is 14.2 Å². The fourth-order valence-electron chi connectivity index (χ4n) is 3.34. The third-order valence-corrected chi connectivity index (χ3v) is 5.08. The van der Waals surface area contributed by atoms with Crippen LogP contribution in [0.3, 0.4) is 0 Å². The molecule has 6 nitrogen and oxygen atoms in total. The van der Waals surface area contributed by atoms with Crippen molar-refractivity contribution in [2.45, 2.75) is 19.8 Å². The molecule has 0 atom stereocenters. The van der Waals surface area contributed by atoms with Gasteiger partial charge in [-0.05, 0) is 38.1 Å². The van der Waals surface area contributed by atoms with Gasteiger partial charge >= 0.3 is 11.9 Å². The van der Waals surface area contributed by atoms with Crippen LogP contribution in [0.25, 0.3) is 11.3 Å². The van der Waals surface area contributed by atoms with Crippen LogP contribution in [0.4, 0.5) is 0 Å². The van der Waals surface area contributed by atoms with E-state index in [1.165, 1.54) is 14.2 Å². The Balaban J connectivity index is 2.14. The summed E-state index contributed by atoms with van der Waals surface area (Å²) in [7, 11) is 2.61. The number of nitrogens with one attached hydrogen (secondary N) is 1. The van der Waals surface area contributed by atoms with Gasteiger partial charge in [0.05, 0.1) is 31.3 Å². The van der Waals surface area contributed by atoms with Gasteiger partial charge in [-0.1, -0.05) is 28.1 Å². The Morgan fingerprint density at radius 1 is 1.00 bits per heavy atom. The van der Waals surface area contributed by atoms with E-state index in [1.54, 1.807) is 19.9 Å². The van der Waals surface area contributed by atoms with Crippen LogP contribution in [0.1, 0.15) is 25.5 Å². The normalized spacial score (nSPS) is 14.8. The van der Waals surface area contributed by atoms with E-state index in [4.69, 9.17) is 13.9 Å². The predicted molar refractivity (Wildman–Crippen MR) is 107 cm³/mol. The standard InChI is InChI=1S/C21H20BrNO5/c1-11-17(20(24)26-3)19(18(12(2)23-11)21(25)27-4)16-9-8-15(28-16)13-6-5-7-14(22)10-13/h5-10,19,23H,1-4H3. The van der Waals surface area contributed by atoms with Gasteiger partial charge in [0.15, 0.2) is 0 Å². The topological polar surface area (TPSA) is 77.8 Å². The first kappa shape index (κ1) is 19.9. The quantitative estimate of drug-likeness (QED) is 0.707. The molecule has 1 aliphatic heterocycles. The van der Waals surface area contributed by atoms with Crippen LogP contribution >= 0.6 is 15.9 Å². The summed E-state index contributed by atoms with van der Waals surface area (Å²) in [6.07, 6.45) is 0. The van der Waals surface area contributed by atoms with Crippen molar-refractivity contribution in [1.29, 1.82) is 0 Å². The zero-order chi connectivity index (χ0) is 20.4. The zero-order valence-electron chi connectivity index (χ0n) is 16.0. The highest BCUT2D eigenvalue weighted by Crippen LogP contribution is 2.41. The summed E-state index contributed by atoms with van der Waals surface area (Å²) in [6, 6.07) is 11.2. The first-order chi connectivity index (χ1) is 13.4. The Morgan fingerprint density at radius 3 is 2.14 bits per heavy atom. The number of allylic oxidation sites excluding steroid dienone is 2. The molecule has 1 aromatic carbocycles. The van der Waals surface area contributed by atoms with Crippen LogP contribution in [-0.4, -0.2) is 26.2 Å². The molecule has 0 spiro atoms. The molecule has 1 aliphatic rings. The molecule has 0 saturated heterocycles. The van der Waals surface area contributed by atoms with Crippen LogP contribution in [0, 0.1) is 0 Å². The molecule has 3 rings (SSSR count). The molecule has 0 bridgehead atoms. The average Bonchev–Trinajstić information content (AvgIpc) is 3.16. The highest BCUT2D eigenvalue weighted by molar-refractivity contribution is 9.10. The number of hydrogen-bond donors (Lipinski definition) is 1.